The summed E-state index contributed by atoms with van der Waals surface area (Å²) in [6.45, 7) is 3.90. The van der Waals surface area contributed by atoms with E-state index in [-0.39, 0.29) is 5.91 Å². The number of rotatable bonds is 3. The van der Waals surface area contributed by atoms with Crippen molar-refractivity contribution >= 4 is 43.5 Å². The Morgan fingerprint density at radius 3 is 2.29 bits per heavy atom. The number of hydrogen-bond donors (Lipinski definition) is 1. The molecule has 0 radical (unpaired) electrons. The number of halogens is 2. The minimum Gasteiger partial charge on any atom is -0.496 e. The number of ether oxygens (including phenoxy) is 1. The van der Waals surface area contributed by atoms with Crippen molar-refractivity contribution in [1.29, 1.82) is 0 Å². The maximum Gasteiger partial charge on any atom is 0.255 e. The van der Waals surface area contributed by atoms with Gasteiger partial charge in [-0.3, -0.25) is 4.79 Å². The molecule has 0 atom stereocenters. The third-order valence-corrected chi connectivity index (χ3v) is 4.10. The van der Waals surface area contributed by atoms with Crippen molar-refractivity contribution in [3.05, 3.63) is 56.0 Å². The summed E-state index contributed by atoms with van der Waals surface area (Å²) in [5, 5.41) is 2.92. The minimum absolute atomic E-state index is 0.161. The molecular weight excluding hydrogens is 398 g/mol. The first-order valence-corrected chi connectivity index (χ1v) is 7.92. The molecule has 0 spiro atoms. The molecule has 2 rings (SSSR count). The number of anilines is 1. The Hall–Kier alpha value is -1.33. The zero-order valence-electron chi connectivity index (χ0n) is 12.0. The maximum absolute atomic E-state index is 12.4. The molecule has 3 nitrogen and oxygen atoms in total. The predicted molar refractivity (Wildman–Crippen MR) is 92.3 cm³/mol. The summed E-state index contributed by atoms with van der Waals surface area (Å²) >= 11 is 6.77. The Kier molecular flexibility index (Phi) is 5.06. The molecule has 110 valence electrons. The van der Waals surface area contributed by atoms with E-state index in [2.05, 4.69) is 37.2 Å². The smallest absolute Gasteiger partial charge is 0.255 e. The molecule has 0 unspecified atom stereocenters. The fraction of sp³-hybridized carbons (Fsp3) is 0.188. The maximum atomic E-state index is 12.4. The molecule has 0 heterocycles. The lowest BCUT2D eigenvalue weighted by atomic mass is 10.1. The molecule has 0 saturated carbocycles. The van der Waals surface area contributed by atoms with Crippen molar-refractivity contribution in [2.75, 3.05) is 12.4 Å². The number of nitrogens with one attached hydrogen (secondary N) is 1. The Morgan fingerprint density at radius 1 is 1.10 bits per heavy atom. The third-order valence-electron chi connectivity index (χ3n) is 3.18. The van der Waals surface area contributed by atoms with E-state index in [4.69, 9.17) is 4.74 Å². The monoisotopic (exact) mass is 411 g/mol. The Balaban J connectivity index is 2.32. The van der Waals surface area contributed by atoms with Gasteiger partial charge in [-0.2, -0.15) is 0 Å². The van der Waals surface area contributed by atoms with E-state index >= 15 is 0 Å². The van der Waals surface area contributed by atoms with E-state index in [9.17, 15) is 4.79 Å². The first kappa shape index (κ1) is 16.0. The molecule has 1 amide bonds. The first-order chi connectivity index (χ1) is 9.92. The van der Waals surface area contributed by atoms with E-state index < -0.39 is 0 Å². The number of methoxy groups -OCH3 is 1. The second-order valence-electron chi connectivity index (χ2n) is 4.70. The van der Waals surface area contributed by atoms with Crippen molar-refractivity contribution < 1.29 is 9.53 Å². The third kappa shape index (κ3) is 3.66. The number of carbonyl (C=O) groups excluding carboxylic acids is 1. The molecule has 5 heteroatoms. The average molecular weight is 413 g/mol. The van der Waals surface area contributed by atoms with Crippen molar-refractivity contribution in [3.8, 4) is 5.75 Å². The highest BCUT2D eigenvalue weighted by Gasteiger charge is 2.12. The standard InChI is InChI=1S/C16H15Br2NO2/c1-9-4-5-14(10(2)15(9)21-3)19-16(20)11-6-12(17)8-13(18)7-11/h4-8H,1-3H3,(H,19,20). The van der Waals surface area contributed by atoms with Gasteiger partial charge in [-0.1, -0.05) is 37.9 Å². The highest BCUT2D eigenvalue weighted by atomic mass is 79.9. The second kappa shape index (κ2) is 6.62. The molecule has 2 aromatic carbocycles. The van der Waals surface area contributed by atoms with Crippen LogP contribution < -0.4 is 10.1 Å². The van der Waals surface area contributed by atoms with Crippen LogP contribution in [0.1, 0.15) is 21.5 Å². The lowest BCUT2D eigenvalue weighted by Gasteiger charge is -2.14. The van der Waals surface area contributed by atoms with Crippen LogP contribution in [-0.4, -0.2) is 13.0 Å². The number of aryl methyl sites for hydroxylation is 1. The molecule has 0 aliphatic heterocycles. The van der Waals surface area contributed by atoms with Gasteiger partial charge in [0.05, 0.1) is 7.11 Å². The number of amides is 1. The van der Waals surface area contributed by atoms with Gasteiger partial charge in [0.2, 0.25) is 0 Å². The van der Waals surface area contributed by atoms with Gasteiger partial charge in [-0.25, -0.2) is 0 Å². The summed E-state index contributed by atoms with van der Waals surface area (Å²) in [4.78, 5) is 12.4. The van der Waals surface area contributed by atoms with Gasteiger partial charge in [0, 0.05) is 25.8 Å². The minimum atomic E-state index is -0.161. The van der Waals surface area contributed by atoms with E-state index in [0.717, 1.165) is 31.5 Å². The van der Waals surface area contributed by atoms with Crippen LogP contribution in [0.4, 0.5) is 5.69 Å². The molecule has 2 aromatic rings. The summed E-state index contributed by atoms with van der Waals surface area (Å²) in [5.74, 6) is 0.634. The number of carbonyl (C=O) groups is 1. The van der Waals surface area contributed by atoms with Crippen LogP contribution in [0.2, 0.25) is 0 Å². The summed E-state index contributed by atoms with van der Waals surface area (Å²) < 4.78 is 7.07. The normalized spacial score (nSPS) is 10.3. The zero-order valence-corrected chi connectivity index (χ0v) is 15.1. The largest absolute Gasteiger partial charge is 0.496 e. The van der Waals surface area contributed by atoms with E-state index in [1.807, 2.05) is 32.0 Å². The highest BCUT2D eigenvalue weighted by molar-refractivity contribution is 9.11. The fourth-order valence-corrected chi connectivity index (χ4v) is 3.45. The zero-order chi connectivity index (χ0) is 15.6. The summed E-state index contributed by atoms with van der Waals surface area (Å²) in [7, 11) is 1.63. The lowest BCUT2D eigenvalue weighted by Crippen LogP contribution is -2.13. The summed E-state index contributed by atoms with van der Waals surface area (Å²) in [5.41, 5.74) is 3.28. The van der Waals surface area contributed by atoms with Crippen molar-refractivity contribution in [2.24, 2.45) is 0 Å². The van der Waals surface area contributed by atoms with Crippen molar-refractivity contribution in [3.63, 3.8) is 0 Å². The fourth-order valence-electron chi connectivity index (χ4n) is 2.16. The molecule has 21 heavy (non-hydrogen) atoms. The van der Waals surface area contributed by atoms with Crippen LogP contribution in [0.5, 0.6) is 5.75 Å². The van der Waals surface area contributed by atoms with Crippen LogP contribution in [-0.2, 0) is 0 Å². The lowest BCUT2D eigenvalue weighted by molar-refractivity contribution is 0.102. The van der Waals surface area contributed by atoms with Crippen molar-refractivity contribution in [1.82, 2.24) is 0 Å². The molecule has 0 aromatic heterocycles. The number of hydrogen-bond acceptors (Lipinski definition) is 2. The molecule has 0 aliphatic carbocycles. The van der Waals surface area contributed by atoms with Gasteiger partial charge < -0.3 is 10.1 Å². The van der Waals surface area contributed by atoms with Gasteiger partial charge >= 0.3 is 0 Å². The summed E-state index contributed by atoms with van der Waals surface area (Å²) in [6.07, 6.45) is 0. The first-order valence-electron chi connectivity index (χ1n) is 6.34. The van der Waals surface area contributed by atoms with Gasteiger partial charge in [-0.15, -0.1) is 0 Å². The van der Waals surface area contributed by atoms with Gasteiger partial charge in [0.15, 0.2) is 0 Å². The Labute approximate surface area is 141 Å². The Bertz CT molecular complexity index is 679. The summed E-state index contributed by atoms with van der Waals surface area (Å²) in [6, 6.07) is 9.26. The molecule has 1 N–H and O–H groups in total. The van der Waals surface area contributed by atoms with E-state index in [1.54, 1.807) is 19.2 Å². The van der Waals surface area contributed by atoms with Crippen LogP contribution in [0, 0.1) is 13.8 Å². The SMILES string of the molecule is COc1c(C)ccc(NC(=O)c2cc(Br)cc(Br)c2)c1C. The van der Waals surface area contributed by atoms with Gasteiger partial charge in [0.25, 0.3) is 5.91 Å². The molecule has 0 bridgehead atoms. The van der Waals surface area contributed by atoms with Crippen LogP contribution in [0.3, 0.4) is 0 Å². The molecule has 0 saturated heterocycles. The van der Waals surface area contributed by atoms with Gasteiger partial charge in [0.1, 0.15) is 5.75 Å². The second-order valence-corrected chi connectivity index (χ2v) is 6.53. The number of benzene rings is 2. The van der Waals surface area contributed by atoms with Crippen LogP contribution in [0.15, 0.2) is 39.3 Å². The predicted octanol–water partition coefficient (Wildman–Crippen LogP) is 5.09. The van der Waals surface area contributed by atoms with Gasteiger partial charge in [-0.05, 0) is 43.7 Å². The van der Waals surface area contributed by atoms with Crippen LogP contribution in [0.25, 0.3) is 0 Å². The highest BCUT2D eigenvalue weighted by Crippen LogP contribution is 2.29. The molecule has 0 aliphatic rings. The molecule has 0 fully saturated rings. The Morgan fingerprint density at radius 2 is 1.71 bits per heavy atom. The van der Waals surface area contributed by atoms with Crippen LogP contribution >= 0.6 is 31.9 Å². The topological polar surface area (TPSA) is 38.3 Å². The van der Waals surface area contributed by atoms with Crippen molar-refractivity contribution in [2.45, 2.75) is 13.8 Å². The quantitative estimate of drug-likeness (QED) is 0.762. The van der Waals surface area contributed by atoms with E-state index in [1.165, 1.54) is 0 Å². The average Bonchev–Trinajstić information content (AvgIpc) is 2.41. The molecular formula is C16H15Br2NO2. The van der Waals surface area contributed by atoms with E-state index in [0.29, 0.717) is 5.56 Å².